The van der Waals surface area contributed by atoms with Crippen LogP contribution in [0, 0.1) is 5.41 Å². The van der Waals surface area contributed by atoms with E-state index in [0.29, 0.717) is 16.4 Å². The molecule has 24 heavy (non-hydrogen) atoms. The minimum Gasteiger partial charge on any atom is -0.497 e. The molecule has 1 aliphatic carbocycles. The van der Waals surface area contributed by atoms with Crippen molar-refractivity contribution < 1.29 is 14.3 Å². The summed E-state index contributed by atoms with van der Waals surface area (Å²) < 4.78 is 5.16. The molecule has 3 rings (SSSR count). The summed E-state index contributed by atoms with van der Waals surface area (Å²) in [7, 11) is 1.60. The second-order valence-electron chi connectivity index (χ2n) is 6.81. The molecule has 1 heterocycles. The Balaban J connectivity index is 1.70. The normalized spacial score (nSPS) is 15.7. The standard InChI is InChI=1S/C18H20N2O3S/c1-18(2)9-13-16(14(21)10-18)24-17(19-13)20-15(22)8-11-5-4-6-12(7-11)23-3/h4-7H,8-10H2,1-3H3,(H,19,20,22). The average molecular weight is 344 g/mol. The zero-order valence-electron chi connectivity index (χ0n) is 14.0. The molecule has 2 aromatic rings. The number of benzene rings is 1. The molecule has 0 atom stereocenters. The lowest BCUT2D eigenvalue weighted by Gasteiger charge is -2.26. The van der Waals surface area contributed by atoms with Crippen LogP contribution < -0.4 is 10.1 Å². The Morgan fingerprint density at radius 1 is 1.38 bits per heavy atom. The molecular weight excluding hydrogens is 324 g/mol. The molecule has 1 amide bonds. The number of ether oxygens (including phenoxy) is 1. The van der Waals surface area contributed by atoms with E-state index in [2.05, 4.69) is 24.1 Å². The van der Waals surface area contributed by atoms with E-state index >= 15 is 0 Å². The van der Waals surface area contributed by atoms with Crippen molar-refractivity contribution >= 4 is 28.2 Å². The first-order chi connectivity index (χ1) is 11.4. The van der Waals surface area contributed by atoms with Crippen molar-refractivity contribution in [3.8, 4) is 5.75 Å². The van der Waals surface area contributed by atoms with Crippen LogP contribution in [-0.4, -0.2) is 23.8 Å². The van der Waals surface area contributed by atoms with Crippen LogP contribution in [0.4, 0.5) is 5.13 Å². The molecule has 0 fully saturated rings. The van der Waals surface area contributed by atoms with Crippen LogP contribution in [-0.2, 0) is 17.6 Å². The first-order valence-corrected chi connectivity index (χ1v) is 8.64. The van der Waals surface area contributed by atoms with Gasteiger partial charge in [-0.15, -0.1) is 0 Å². The number of ketones is 1. The summed E-state index contributed by atoms with van der Waals surface area (Å²) in [4.78, 5) is 29.6. The number of hydrogen-bond donors (Lipinski definition) is 1. The third kappa shape index (κ3) is 3.64. The highest BCUT2D eigenvalue weighted by Gasteiger charge is 2.34. The highest BCUT2D eigenvalue weighted by atomic mass is 32.1. The van der Waals surface area contributed by atoms with E-state index in [1.54, 1.807) is 7.11 Å². The van der Waals surface area contributed by atoms with Crippen molar-refractivity contribution in [3.05, 3.63) is 40.4 Å². The van der Waals surface area contributed by atoms with Gasteiger partial charge in [-0.1, -0.05) is 37.3 Å². The highest BCUT2D eigenvalue weighted by Crippen LogP contribution is 2.38. The molecular formula is C18H20N2O3S. The molecule has 1 aromatic heterocycles. The van der Waals surface area contributed by atoms with Gasteiger partial charge in [-0.3, -0.25) is 9.59 Å². The lowest BCUT2D eigenvalue weighted by molar-refractivity contribution is -0.115. The van der Waals surface area contributed by atoms with E-state index in [0.717, 1.165) is 23.4 Å². The van der Waals surface area contributed by atoms with Crippen LogP contribution in [0.15, 0.2) is 24.3 Å². The Labute approximate surface area is 145 Å². The summed E-state index contributed by atoms with van der Waals surface area (Å²) in [5, 5.41) is 3.31. The van der Waals surface area contributed by atoms with Gasteiger partial charge in [0.1, 0.15) is 5.75 Å². The van der Waals surface area contributed by atoms with Gasteiger partial charge in [0.25, 0.3) is 0 Å². The molecule has 0 aliphatic heterocycles. The summed E-state index contributed by atoms with van der Waals surface area (Å²) in [5.74, 6) is 0.686. The SMILES string of the molecule is COc1cccc(CC(=O)Nc2nc3c(s2)C(=O)CC(C)(C)C3)c1. The Hall–Kier alpha value is -2.21. The van der Waals surface area contributed by atoms with Gasteiger partial charge >= 0.3 is 0 Å². The molecule has 0 bridgehead atoms. The molecule has 0 spiro atoms. The number of Topliss-reactive ketones (excluding diaryl/α,β-unsaturated/α-hetero) is 1. The minimum absolute atomic E-state index is 0.0694. The number of amides is 1. The number of methoxy groups -OCH3 is 1. The zero-order chi connectivity index (χ0) is 17.3. The molecule has 1 N–H and O–H groups in total. The first-order valence-electron chi connectivity index (χ1n) is 7.82. The lowest BCUT2D eigenvalue weighted by Crippen LogP contribution is -2.26. The number of rotatable bonds is 4. The number of aromatic nitrogens is 1. The minimum atomic E-state index is -0.152. The second kappa shape index (κ2) is 6.36. The van der Waals surface area contributed by atoms with E-state index < -0.39 is 0 Å². The third-order valence-corrected chi connectivity index (χ3v) is 5.04. The molecule has 0 radical (unpaired) electrons. The smallest absolute Gasteiger partial charge is 0.230 e. The van der Waals surface area contributed by atoms with Crippen LogP contribution in [0.25, 0.3) is 0 Å². The van der Waals surface area contributed by atoms with Crippen LogP contribution in [0.1, 0.15) is 41.2 Å². The van der Waals surface area contributed by atoms with Crippen molar-refractivity contribution in [1.82, 2.24) is 4.98 Å². The maximum absolute atomic E-state index is 12.2. The van der Waals surface area contributed by atoms with E-state index in [1.807, 2.05) is 24.3 Å². The topological polar surface area (TPSA) is 68.3 Å². The predicted molar refractivity (Wildman–Crippen MR) is 93.9 cm³/mol. The second-order valence-corrected chi connectivity index (χ2v) is 7.81. The van der Waals surface area contributed by atoms with Gasteiger partial charge in [-0.25, -0.2) is 4.98 Å². The molecule has 5 nitrogen and oxygen atoms in total. The van der Waals surface area contributed by atoms with Crippen molar-refractivity contribution in [2.24, 2.45) is 5.41 Å². The molecule has 1 aliphatic rings. The van der Waals surface area contributed by atoms with Crippen LogP contribution in [0.2, 0.25) is 0 Å². The number of anilines is 1. The molecule has 0 unspecified atom stereocenters. The van der Waals surface area contributed by atoms with E-state index in [4.69, 9.17) is 4.74 Å². The first kappa shape index (κ1) is 16.6. The molecule has 0 saturated carbocycles. The average Bonchev–Trinajstić information content (AvgIpc) is 2.88. The Morgan fingerprint density at radius 3 is 2.92 bits per heavy atom. The van der Waals surface area contributed by atoms with Crippen molar-refractivity contribution in [2.75, 3.05) is 12.4 Å². The van der Waals surface area contributed by atoms with E-state index in [-0.39, 0.29) is 23.5 Å². The van der Waals surface area contributed by atoms with Gasteiger partial charge in [0.2, 0.25) is 5.91 Å². The van der Waals surface area contributed by atoms with Gasteiger partial charge in [0.15, 0.2) is 10.9 Å². The van der Waals surface area contributed by atoms with Crippen molar-refractivity contribution in [3.63, 3.8) is 0 Å². The fourth-order valence-corrected chi connectivity index (χ4v) is 3.84. The number of nitrogens with one attached hydrogen (secondary N) is 1. The van der Waals surface area contributed by atoms with Crippen molar-refractivity contribution in [1.29, 1.82) is 0 Å². The summed E-state index contributed by atoms with van der Waals surface area (Å²) in [6, 6.07) is 7.40. The maximum Gasteiger partial charge on any atom is 0.230 e. The summed E-state index contributed by atoms with van der Waals surface area (Å²) in [6.07, 6.45) is 1.52. The van der Waals surface area contributed by atoms with E-state index in [9.17, 15) is 9.59 Å². The van der Waals surface area contributed by atoms with Crippen LogP contribution in [0.3, 0.4) is 0 Å². The van der Waals surface area contributed by atoms with E-state index in [1.165, 1.54) is 11.3 Å². The summed E-state index contributed by atoms with van der Waals surface area (Å²) in [6.45, 7) is 4.13. The van der Waals surface area contributed by atoms with Gasteiger partial charge in [0.05, 0.1) is 24.1 Å². The number of thiazole rings is 1. The number of carbonyl (C=O) groups is 2. The number of fused-ring (bicyclic) bond motifs is 1. The fraction of sp³-hybridized carbons (Fsp3) is 0.389. The largest absolute Gasteiger partial charge is 0.497 e. The summed E-state index contributed by atoms with van der Waals surface area (Å²) in [5.41, 5.74) is 1.60. The fourth-order valence-electron chi connectivity index (χ4n) is 2.90. The van der Waals surface area contributed by atoms with Crippen molar-refractivity contribution in [2.45, 2.75) is 33.1 Å². The maximum atomic E-state index is 12.2. The molecule has 126 valence electrons. The Morgan fingerprint density at radius 2 is 2.17 bits per heavy atom. The number of nitrogens with zero attached hydrogens (tertiary/aromatic N) is 1. The predicted octanol–water partition coefficient (Wildman–Crippen LogP) is 3.49. The molecule has 1 aromatic carbocycles. The third-order valence-electron chi connectivity index (χ3n) is 3.98. The zero-order valence-corrected chi connectivity index (χ0v) is 14.8. The lowest BCUT2D eigenvalue weighted by atomic mass is 9.78. The number of carbonyl (C=O) groups excluding carboxylic acids is 2. The monoisotopic (exact) mass is 344 g/mol. The van der Waals surface area contributed by atoms with Gasteiger partial charge in [-0.2, -0.15) is 0 Å². The highest BCUT2D eigenvalue weighted by molar-refractivity contribution is 7.17. The van der Waals surface area contributed by atoms with Crippen LogP contribution in [0.5, 0.6) is 5.75 Å². The van der Waals surface area contributed by atoms with Gasteiger partial charge in [-0.05, 0) is 29.5 Å². The molecule has 6 heteroatoms. The summed E-state index contributed by atoms with van der Waals surface area (Å²) >= 11 is 1.27. The van der Waals surface area contributed by atoms with Gasteiger partial charge < -0.3 is 10.1 Å². The number of hydrogen-bond acceptors (Lipinski definition) is 5. The van der Waals surface area contributed by atoms with Gasteiger partial charge in [0, 0.05) is 6.42 Å². The Bertz CT molecular complexity index is 795. The Kier molecular flexibility index (Phi) is 4.41. The quantitative estimate of drug-likeness (QED) is 0.922. The molecule has 0 saturated heterocycles. The van der Waals surface area contributed by atoms with Crippen LogP contribution >= 0.6 is 11.3 Å².